The van der Waals surface area contributed by atoms with Crippen LogP contribution in [0.2, 0.25) is 5.02 Å². The zero-order chi connectivity index (χ0) is 25.3. The van der Waals surface area contributed by atoms with Gasteiger partial charge in [0.05, 0.1) is 18.0 Å². The monoisotopic (exact) mass is 507 g/mol. The molecule has 182 valence electrons. The number of carbonyl (C=O) groups is 3. The molecule has 1 aliphatic rings. The lowest BCUT2D eigenvalue weighted by Crippen LogP contribution is -2.46. The molecule has 0 aromatic carbocycles. The van der Waals surface area contributed by atoms with E-state index in [-0.39, 0.29) is 21.2 Å². The molecule has 1 saturated heterocycles. The Balaban J connectivity index is 1.67. The topological polar surface area (TPSA) is 149 Å². The quantitative estimate of drug-likeness (QED) is 0.469. The normalized spacial score (nSPS) is 15.1. The summed E-state index contributed by atoms with van der Waals surface area (Å²) in [5.74, 6) is -5.04. The number of nitrogens with zero attached hydrogens (tertiary/aromatic N) is 3. The van der Waals surface area contributed by atoms with E-state index in [0.717, 1.165) is 36.3 Å². The summed E-state index contributed by atoms with van der Waals surface area (Å²) < 4.78 is 35.3. The van der Waals surface area contributed by atoms with E-state index in [1.54, 1.807) is 0 Å². The van der Waals surface area contributed by atoms with E-state index in [0.29, 0.717) is 25.6 Å². The number of halogens is 2. The standard InChI is InChI=1S/C21H15ClFN3O9/c1-10(27)34-15-5-16(24-6-13(15)22)35-20(30)12-9-32-8-11(12)18(28)26-19(29)14(23)7-25(21(26)31)17-3-2-4-33-17/h5-9,17H,2-4H2,1H3. The average Bonchev–Trinajstić information content (AvgIpc) is 3.50. The highest BCUT2D eigenvalue weighted by Gasteiger charge is 2.29. The summed E-state index contributed by atoms with van der Waals surface area (Å²) in [5.41, 5.74) is -3.70. The third kappa shape index (κ3) is 4.76. The fourth-order valence-electron chi connectivity index (χ4n) is 3.29. The molecule has 3 aromatic rings. The summed E-state index contributed by atoms with van der Waals surface area (Å²) in [4.78, 5) is 65.9. The van der Waals surface area contributed by atoms with Crippen molar-refractivity contribution in [2.45, 2.75) is 26.0 Å². The van der Waals surface area contributed by atoms with Gasteiger partial charge in [-0.1, -0.05) is 11.6 Å². The van der Waals surface area contributed by atoms with Crippen LogP contribution in [0, 0.1) is 5.82 Å². The van der Waals surface area contributed by atoms with Gasteiger partial charge >= 0.3 is 17.6 Å². The molecule has 4 heterocycles. The largest absolute Gasteiger partial charge is 0.471 e. The summed E-state index contributed by atoms with van der Waals surface area (Å²) in [6, 6.07) is 1.06. The number of carbonyl (C=O) groups excluding carboxylic acids is 3. The Morgan fingerprint density at radius 3 is 2.63 bits per heavy atom. The van der Waals surface area contributed by atoms with Gasteiger partial charge < -0.3 is 18.6 Å². The second-order valence-corrected chi connectivity index (χ2v) is 7.62. The van der Waals surface area contributed by atoms with Crippen LogP contribution in [0.3, 0.4) is 0 Å². The van der Waals surface area contributed by atoms with Gasteiger partial charge in [0.25, 0.3) is 11.5 Å². The number of hydrogen-bond donors (Lipinski definition) is 0. The minimum Gasteiger partial charge on any atom is -0.471 e. The van der Waals surface area contributed by atoms with Crippen LogP contribution in [0.5, 0.6) is 11.6 Å². The number of pyridine rings is 1. The van der Waals surface area contributed by atoms with E-state index in [1.807, 2.05) is 0 Å². The second-order valence-electron chi connectivity index (χ2n) is 7.22. The maximum Gasteiger partial charge on any atom is 0.348 e. The van der Waals surface area contributed by atoms with E-state index >= 15 is 0 Å². The van der Waals surface area contributed by atoms with E-state index in [9.17, 15) is 28.4 Å². The zero-order valence-electron chi connectivity index (χ0n) is 17.9. The lowest BCUT2D eigenvalue weighted by Gasteiger charge is -2.14. The molecule has 12 nitrogen and oxygen atoms in total. The van der Waals surface area contributed by atoms with Crippen molar-refractivity contribution in [2.75, 3.05) is 6.61 Å². The molecule has 14 heteroatoms. The first kappa shape index (κ1) is 24.0. The van der Waals surface area contributed by atoms with Crippen molar-refractivity contribution in [1.82, 2.24) is 14.1 Å². The van der Waals surface area contributed by atoms with Gasteiger partial charge in [-0.25, -0.2) is 14.6 Å². The summed E-state index contributed by atoms with van der Waals surface area (Å²) in [5, 5.41) is -0.0350. The van der Waals surface area contributed by atoms with Gasteiger partial charge in [-0.3, -0.25) is 19.0 Å². The molecule has 3 aromatic heterocycles. The Labute approximate surface area is 199 Å². The molecular weight excluding hydrogens is 493 g/mol. The Hall–Kier alpha value is -4.10. The van der Waals surface area contributed by atoms with E-state index in [1.165, 1.54) is 0 Å². The molecule has 1 atom stereocenters. The molecule has 4 rings (SSSR count). The number of furan rings is 1. The number of hydrogen-bond acceptors (Lipinski definition) is 10. The molecule has 35 heavy (non-hydrogen) atoms. The molecular formula is C21H15ClFN3O9. The molecule has 0 spiro atoms. The SMILES string of the molecule is CC(=O)Oc1cc(OC(=O)c2cocc2C(=O)n2c(=O)c(F)cn(C3CCCO3)c2=O)ncc1Cl. The predicted molar refractivity (Wildman–Crippen MR) is 113 cm³/mol. The lowest BCUT2D eigenvalue weighted by atomic mass is 10.2. The van der Waals surface area contributed by atoms with Crippen LogP contribution >= 0.6 is 11.6 Å². The first-order valence-corrected chi connectivity index (χ1v) is 10.4. The fraction of sp³-hybridized carbons (Fsp3) is 0.238. The molecule has 0 aliphatic carbocycles. The molecule has 0 amide bonds. The minimum atomic E-state index is -1.51. The van der Waals surface area contributed by atoms with Gasteiger partial charge in [-0.15, -0.1) is 0 Å². The molecule has 1 fully saturated rings. The number of ether oxygens (including phenoxy) is 3. The van der Waals surface area contributed by atoms with Gasteiger partial charge in [0, 0.05) is 19.6 Å². The zero-order valence-corrected chi connectivity index (χ0v) is 18.6. The third-order valence-electron chi connectivity index (χ3n) is 4.85. The van der Waals surface area contributed by atoms with Crippen LogP contribution in [-0.4, -0.2) is 38.6 Å². The van der Waals surface area contributed by atoms with E-state index < -0.39 is 52.3 Å². The second kappa shape index (κ2) is 9.64. The summed E-state index contributed by atoms with van der Waals surface area (Å²) in [6.45, 7) is 1.45. The van der Waals surface area contributed by atoms with Crippen LogP contribution in [0.15, 0.2) is 45.0 Å². The van der Waals surface area contributed by atoms with Crippen molar-refractivity contribution >= 4 is 29.4 Å². The van der Waals surface area contributed by atoms with Crippen molar-refractivity contribution in [3.05, 3.63) is 73.8 Å². The smallest absolute Gasteiger partial charge is 0.348 e. The summed E-state index contributed by atoms with van der Waals surface area (Å²) >= 11 is 5.87. The highest BCUT2D eigenvalue weighted by Crippen LogP contribution is 2.28. The maximum atomic E-state index is 14.3. The highest BCUT2D eigenvalue weighted by atomic mass is 35.5. The third-order valence-corrected chi connectivity index (χ3v) is 5.13. The van der Waals surface area contributed by atoms with Gasteiger partial charge in [-0.05, 0) is 12.8 Å². The molecule has 1 unspecified atom stereocenters. The van der Waals surface area contributed by atoms with Gasteiger partial charge in [-0.2, -0.15) is 8.96 Å². The molecule has 1 aliphatic heterocycles. The Morgan fingerprint density at radius 1 is 1.20 bits per heavy atom. The van der Waals surface area contributed by atoms with Crippen molar-refractivity contribution in [3.8, 4) is 11.6 Å². The lowest BCUT2D eigenvalue weighted by molar-refractivity contribution is -0.131. The summed E-state index contributed by atoms with van der Waals surface area (Å²) in [7, 11) is 0. The number of rotatable bonds is 5. The van der Waals surface area contributed by atoms with E-state index in [2.05, 4.69) is 4.98 Å². The van der Waals surface area contributed by atoms with E-state index in [4.69, 9.17) is 30.2 Å². The van der Waals surface area contributed by atoms with Crippen molar-refractivity contribution in [1.29, 1.82) is 0 Å². The molecule has 0 radical (unpaired) electrons. The Kier molecular flexibility index (Phi) is 6.62. The Bertz CT molecular complexity index is 1450. The minimum absolute atomic E-state index is 0.0350. The van der Waals surface area contributed by atoms with Crippen LogP contribution in [0.1, 0.15) is 46.7 Å². The fourth-order valence-corrected chi connectivity index (χ4v) is 3.43. The molecule has 0 bridgehead atoms. The van der Waals surface area contributed by atoms with Crippen molar-refractivity contribution in [2.24, 2.45) is 0 Å². The number of esters is 2. The van der Waals surface area contributed by atoms with Crippen LogP contribution in [0.25, 0.3) is 0 Å². The van der Waals surface area contributed by atoms with Gasteiger partial charge in [0.2, 0.25) is 11.7 Å². The van der Waals surface area contributed by atoms with Crippen molar-refractivity contribution in [3.63, 3.8) is 0 Å². The Morgan fingerprint density at radius 2 is 1.94 bits per heavy atom. The van der Waals surface area contributed by atoms with Crippen LogP contribution < -0.4 is 20.7 Å². The van der Waals surface area contributed by atoms with Crippen LogP contribution in [-0.2, 0) is 9.53 Å². The molecule has 0 saturated carbocycles. The predicted octanol–water partition coefficient (Wildman–Crippen LogP) is 1.93. The van der Waals surface area contributed by atoms with Crippen molar-refractivity contribution < 1.29 is 37.4 Å². The average molecular weight is 508 g/mol. The first-order valence-electron chi connectivity index (χ1n) is 9.99. The maximum absolute atomic E-state index is 14.3. The number of aromatic nitrogens is 3. The summed E-state index contributed by atoms with van der Waals surface area (Å²) in [6.07, 6.45) is 3.48. The first-order chi connectivity index (χ1) is 16.7. The van der Waals surface area contributed by atoms with Crippen LogP contribution in [0.4, 0.5) is 4.39 Å². The molecule has 0 N–H and O–H groups in total. The highest BCUT2D eigenvalue weighted by molar-refractivity contribution is 6.32. The van der Waals surface area contributed by atoms with Gasteiger partial charge in [0.15, 0.2) is 5.75 Å². The van der Waals surface area contributed by atoms with Gasteiger partial charge in [0.1, 0.15) is 29.3 Å².